The first-order chi connectivity index (χ1) is 39.1. The molecule has 8 rings (SSSR count). The smallest absolute Gasteiger partial charge is 0.251 e. The van der Waals surface area contributed by atoms with Crippen molar-refractivity contribution >= 4 is 35.0 Å². The van der Waals surface area contributed by atoms with Gasteiger partial charge in [-0.15, -0.1) is 0 Å². The number of halogens is 2. The van der Waals surface area contributed by atoms with Crippen molar-refractivity contribution in [3.05, 3.63) is 186 Å². The van der Waals surface area contributed by atoms with Gasteiger partial charge in [-0.1, -0.05) is 76.2 Å². The highest BCUT2D eigenvalue weighted by Gasteiger charge is 2.43. The largest absolute Gasteiger partial charge is 0.481 e. The van der Waals surface area contributed by atoms with Gasteiger partial charge in [0, 0.05) is 72.1 Å². The van der Waals surface area contributed by atoms with Crippen LogP contribution in [0.2, 0.25) is 0 Å². The van der Waals surface area contributed by atoms with Crippen molar-refractivity contribution in [3.8, 4) is 35.2 Å². The fourth-order valence-corrected chi connectivity index (χ4v) is 9.94. The van der Waals surface area contributed by atoms with Crippen LogP contribution in [0.5, 0.6) is 11.5 Å². The van der Waals surface area contributed by atoms with Gasteiger partial charge < -0.3 is 50.5 Å². The fraction of sp³-hybridized carbons (Fsp3) is 0.344. The zero-order valence-electron chi connectivity index (χ0n) is 47.3. The van der Waals surface area contributed by atoms with E-state index in [1.54, 1.807) is 98.4 Å². The molecule has 0 unspecified atom stereocenters. The van der Waals surface area contributed by atoms with Crippen molar-refractivity contribution < 1.29 is 37.4 Å². The SMILES string of the molecule is CN[C@@H](C)C(=O)N[C@@H](Cc1ccc(OCC#CC#CCOc2ccc(C[C@H](NC(=O)[C@H](C)NC)C(=O)N3CC(C)(C)c4[nH]c(=O)c(Cc5ccc(F)cc5)cc43)cc2)cc1)C(=O)N1CC(C)(C)c2[nH]c(=O)c(Cc3ccc(F)cc3)cc21. The number of nitrogens with one attached hydrogen (secondary N) is 6. The Labute approximate surface area is 475 Å². The standard InChI is InChI=1S/C64H68F2N8O8/c1-39(67-7)57(75)69-51(61(79)73-37-63(3,4)55-53(73)35-45(59(77)71-55)31-41-13-21-47(65)22-14-41)33-43-17-25-49(26-18-43)81-29-11-9-10-12-30-82-50-27-19-44(20-28-50)34-52(70-58(76)40(2)68-8)62(80)74-38-64(5,6)56-54(74)36-46(60(78)72-56)32-42-15-23-48(66)24-16-42/h13-28,35-36,39-40,51-52,67-68H,29-34,37-38H2,1-8H3,(H,69,75)(H,70,76)(H,71,77)(H,72,78)/t39-,40-,51-,52-/m0/s1. The number of hydrogen-bond acceptors (Lipinski definition) is 10. The van der Waals surface area contributed by atoms with Crippen molar-refractivity contribution in [2.45, 2.75) is 102 Å². The van der Waals surface area contributed by atoms with E-state index in [0.29, 0.717) is 45.4 Å². The first-order valence-electron chi connectivity index (χ1n) is 27.1. The third kappa shape index (κ3) is 14.4. The lowest BCUT2D eigenvalue weighted by Gasteiger charge is -2.27. The van der Waals surface area contributed by atoms with E-state index in [1.165, 1.54) is 24.3 Å². The first-order valence-corrected chi connectivity index (χ1v) is 27.1. The molecular weight excluding hydrogens is 1050 g/mol. The van der Waals surface area contributed by atoms with Crippen LogP contribution >= 0.6 is 0 Å². The van der Waals surface area contributed by atoms with E-state index >= 15 is 0 Å². The van der Waals surface area contributed by atoms with E-state index < -0.39 is 35.0 Å². The van der Waals surface area contributed by atoms with Crippen molar-refractivity contribution in [2.75, 3.05) is 50.2 Å². The summed E-state index contributed by atoms with van der Waals surface area (Å²) in [7, 11) is 3.32. The highest BCUT2D eigenvalue weighted by molar-refractivity contribution is 6.03. The van der Waals surface area contributed by atoms with E-state index in [-0.39, 0.29) is 98.4 Å². The number of carbonyl (C=O) groups excluding carboxylic acids is 4. The van der Waals surface area contributed by atoms with E-state index in [0.717, 1.165) is 22.3 Å². The Morgan fingerprint density at radius 1 is 0.561 bits per heavy atom. The number of ether oxygens (including phenoxy) is 2. The maximum atomic E-state index is 14.6. The first kappa shape index (κ1) is 59.3. The van der Waals surface area contributed by atoms with Crippen LogP contribution in [0, 0.1) is 35.3 Å². The van der Waals surface area contributed by atoms with Gasteiger partial charge in [0.2, 0.25) is 23.6 Å². The number of likely N-dealkylation sites (N-methyl/N-ethyl adjacent to an activating group) is 2. The topological polar surface area (TPSA) is 207 Å². The Hall–Kier alpha value is -8.84. The lowest BCUT2D eigenvalue weighted by Crippen LogP contribution is -2.53. The summed E-state index contributed by atoms with van der Waals surface area (Å²) < 4.78 is 39.0. The molecule has 426 valence electrons. The van der Waals surface area contributed by atoms with Gasteiger partial charge in [-0.25, -0.2) is 8.78 Å². The number of H-pyrrole nitrogens is 2. The van der Waals surface area contributed by atoms with Crippen molar-refractivity contribution in [2.24, 2.45) is 0 Å². The molecule has 6 N–H and O–H groups in total. The molecule has 0 saturated heterocycles. The highest BCUT2D eigenvalue weighted by Crippen LogP contribution is 2.41. The summed E-state index contributed by atoms with van der Waals surface area (Å²) in [6.45, 7) is 11.8. The van der Waals surface area contributed by atoms with Gasteiger partial charge in [-0.3, -0.25) is 28.8 Å². The maximum Gasteiger partial charge on any atom is 0.251 e. The third-order valence-electron chi connectivity index (χ3n) is 14.9. The Bertz CT molecular complexity index is 3340. The Morgan fingerprint density at radius 3 is 1.24 bits per heavy atom. The zero-order chi connectivity index (χ0) is 58.9. The lowest BCUT2D eigenvalue weighted by atomic mass is 9.91. The molecule has 2 aliphatic rings. The average molecular weight is 1120 g/mol. The molecule has 4 aromatic carbocycles. The minimum atomic E-state index is -0.957. The van der Waals surface area contributed by atoms with Crippen LogP contribution in [0.4, 0.5) is 20.2 Å². The Morgan fingerprint density at radius 2 is 0.902 bits per heavy atom. The molecule has 82 heavy (non-hydrogen) atoms. The fourth-order valence-electron chi connectivity index (χ4n) is 9.94. The van der Waals surface area contributed by atoms with Crippen LogP contribution in [0.1, 0.15) is 86.3 Å². The number of benzene rings is 4. The molecule has 0 fully saturated rings. The summed E-state index contributed by atoms with van der Waals surface area (Å²) in [5.41, 5.74) is 4.42. The maximum absolute atomic E-state index is 14.6. The van der Waals surface area contributed by atoms with E-state index in [1.807, 2.05) is 52.0 Å². The molecule has 2 aromatic heterocycles. The second-order valence-electron chi connectivity index (χ2n) is 22.0. The van der Waals surface area contributed by atoms with Gasteiger partial charge in [-0.05, 0) is 135 Å². The van der Waals surface area contributed by atoms with Crippen molar-refractivity contribution in [1.29, 1.82) is 0 Å². The van der Waals surface area contributed by atoms with E-state index in [9.17, 15) is 37.5 Å². The minimum Gasteiger partial charge on any atom is -0.481 e. The van der Waals surface area contributed by atoms with Crippen LogP contribution in [-0.4, -0.2) is 98.2 Å². The quantitative estimate of drug-likeness (QED) is 0.0499. The van der Waals surface area contributed by atoms with Crippen LogP contribution in [0.15, 0.2) is 119 Å². The molecule has 0 radical (unpaired) electrons. The number of amides is 4. The van der Waals surface area contributed by atoms with E-state index in [2.05, 4.69) is 54.9 Å². The number of carbonyl (C=O) groups is 4. The van der Waals surface area contributed by atoms with Crippen LogP contribution in [0.25, 0.3) is 0 Å². The van der Waals surface area contributed by atoms with Gasteiger partial charge in [-0.2, -0.15) is 0 Å². The summed E-state index contributed by atoms with van der Waals surface area (Å²) in [4.78, 5) is 91.4. The molecular formula is C64H68F2N8O8. The summed E-state index contributed by atoms with van der Waals surface area (Å²) in [5.74, 6) is 10.2. The number of hydrogen-bond donors (Lipinski definition) is 6. The second-order valence-corrected chi connectivity index (χ2v) is 22.0. The van der Waals surface area contributed by atoms with Crippen molar-refractivity contribution in [3.63, 3.8) is 0 Å². The van der Waals surface area contributed by atoms with Crippen LogP contribution in [-0.2, 0) is 55.7 Å². The molecule has 2 aliphatic heterocycles. The predicted molar refractivity (Wildman–Crippen MR) is 311 cm³/mol. The Kier molecular flexibility index (Phi) is 18.6. The van der Waals surface area contributed by atoms with Gasteiger partial charge in [0.25, 0.3) is 11.1 Å². The van der Waals surface area contributed by atoms with Gasteiger partial charge in [0.1, 0.15) is 48.4 Å². The zero-order valence-corrected chi connectivity index (χ0v) is 47.3. The summed E-state index contributed by atoms with van der Waals surface area (Å²) in [5, 5.41) is 11.7. The number of fused-ring (bicyclic) bond motifs is 2. The number of pyridine rings is 2. The summed E-state index contributed by atoms with van der Waals surface area (Å²) >= 11 is 0. The lowest BCUT2D eigenvalue weighted by molar-refractivity contribution is -0.128. The summed E-state index contributed by atoms with van der Waals surface area (Å²) in [6, 6.07) is 26.5. The van der Waals surface area contributed by atoms with Crippen LogP contribution < -0.4 is 51.7 Å². The molecule has 4 amide bonds. The predicted octanol–water partition coefficient (Wildman–Crippen LogP) is 5.91. The monoisotopic (exact) mass is 1110 g/mol. The molecule has 0 spiro atoms. The molecule has 0 aliphatic carbocycles. The Balaban J connectivity index is 0.856. The molecule has 0 saturated carbocycles. The molecule has 18 heteroatoms. The molecule has 4 heterocycles. The number of aromatic nitrogens is 2. The molecule has 6 aromatic rings. The van der Waals surface area contributed by atoms with Gasteiger partial charge >= 0.3 is 0 Å². The molecule has 0 bridgehead atoms. The minimum absolute atomic E-state index is 0.0444. The summed E-state index contributed by atoms with van der Waals surface area (Å²) in [6.07, 6.45) is 0.805. The number of anilines is 2. The average Bonchev–Trinajstić information content (AvgIpc) is 2.35. The van der Waals surface area contributed by atoms with Crippen molar-refractivity contribution in [1.82, 2.24) is 31.2 Å². The number of nitrogens with zero attached hydrogens (tertiary/aromatic N) is 2. The number of rotatable bonds is 20. The highest BCUT2D eigenvalue weighted by atomic mass is 19.1. The molecule has 4 atom stereocenters. The van der Waals surface area contributed by atoms with Crippen LogP contribution in [0.3, 0.4) is 0 Å². The number of aromatic amines is 2. The van der Waals surface area contributed by atoms with Gasteiger partial charge in [0.05, 0.1) is 23.5 Å². The third-order valence-corrected chi connectivity index (χ3v) is 14.9. The second kappa shape index (κ2) is 25.7. The van der Waals surface area contributed by atoms with Gasteiger partial charge in [0.15, 0.2) is 0 Å². The van der Waals surface area contributed by atoms with E-state index in [4.69, 9.17) is 9.47 Å². The normalized spacial score (nSPS) is 15.0. The molecule has 16 nitrogen and oxygen atoms in total.